The summed E-state index contributed by atoms with van der Waals surface area (Å²) in [7, 11) is 0. The van der Waals surface area contributed by atoms with Crippen LogP contribution in [0.4, 0.5) is 4.39 Å². The molecule has 198 valence electrons. The fourth-order valence-corrected chi connectivity index (χ4v) is 5.29. The Kier molecular flexibility index (Phi) is 8.02. The number of likely N-dealkylation sites (tertiary alicyclic amines) is 1. The topological polar surface area (TPSA) is 87.2 Å². The summed E-state index contributed by atoms with van der Waals surface area (Å²) in [6.07, 6.45) is 8.03. The van der Waals surface area contributed by atoms with Gasteiger partial charge in [0.15, 0.2) is 0 Å². The highest BCUT2D eigenvalue weighted by atomic mass is 35.5. The molecule has 0 aliphatic carbocycles. The number of aromatic nitrogens is 4. The average molecular weight is 536 g/mol. The van der Waals surface area contributed by atoms with Crippen LogP contribution in [0.1, 0.15) is 53.9 Å². The van der Waals surface area contributed by atoms with Gasteiger partial charge in [-0.25, -0.2) is 4.39 Å². The summed E-state index contributed by atoms with van der Waals surface area (Å²) in [6.45, 7) is 6.73. The summed E-state index contributed by atoms with van der Waals surface area (Å²) >= 11 is 6.36. The van der Waals surface area contributed by atoms with Crippen LogP contribution in [0.15, 0.2) is 48.9 Å². The number of hydrogen-bond acceptors (Lipinski definition) is 6. The Morgan fingerprint density at radius 2 is 2.05 bits per heavy atom. The Morgan fingerprint density at radius 3 is 2.76 bits per heavy atom. The van der Waals surface area contributed by atoms with Crippen molar-refractivity contribution < 1.29 is 14.2 Å². The van der Waals surface area contributed by atoms with E-state index in [9.17, 15) is 5.11 Å². The van der Waals surface area contributed by atoms with E-state index in [1.807, 2.05) is 38.1 Å². The van der Waals surface area contributed by atoms with Gasteiger partial charge in [0.05, 0.1) is 21.9 Å². The fourth-order valence-electron chi connectivity index (χ4n) is 4.94. The maximum atomic E-state index is 15.2. The van der Waals surface area contributed by atoms with Crippen molar-refractivity contribution in [1.29, 1.82) is 0 Å². The maximum absolute atomic E-state index is 15.2. The SMILES string of the molecule is Cc1cncc(Cl)c1[C@H](C)Oc1ccc2[nH]nc(/C=C(\F)c3ccc(CN4CCC(CO)CC4)nc3)c2c1. The highest BCUT2D eigenvalue weighted by Crippen LogP contribution is 2.32. The molecule has 4 aromatic rings. The van der Waals surface area contributed by atoms with Gasteiger partial charge in [-0.05, 0) is 81.6 Å². The van der Waals surface area contributed by atoms with Crippen LogP contribution in [0.3, 0.4) is 0 Å². The largest absolute Gasteiger partial charge is 0.486 e. The number of aryl methyl sites for hydroxylation is 1. The lowest BCUT2D eigenvalue weighted by Crippen LogP contribution is -2.34. The fraction of sp³-hybridized carbons (Fsp3) is 0.345. The zero-order valence-electron chi connectivity index (χ0n) is 21.5. The number of ether oxygens (including phenoxy) is 1. The molecule has 3 aromatic heterocycles. The zero-order chi connectivity index (χ0) is 26.6. The molecule has 1 aromatic carbocycles. The smallest absolute Gasteiger partial charge is 0.134 e. The highest BCUT2D eigenvalue weighted by molar-refractivity contribution is 6.31. The third-order valence-electron chi connectivity index (χ3n) is 7.14. The molecule has 0 spiro atoms. The van der Waals surface area contributed by atoms with Crippen LogP contribution in [0.2, 0.25) is 5.02 Å². The van der Waals surface area contributed by atoms with Crippen molar-refractivity contribution in [2.75, 3.05) is 19.7 Å². The molecule has 0 amide bonds. The van der Waals surface area contributed by atoms with Crippen molar-refractivity contribution in [1.82, 2.24) is 25.1 Å². The number of halogens is 2. The van der Waals surface area contributed by atoms with Crippen molar-refractivity contribution >= 4 is 34.4 Å². The molecule has 1 aliphatic rings. The first-order valence-electron chi connectivity index (χ1n) is 12.8. The minimum atomic E-state index is -0.417. The van der Waals surface area contributed by atoms with E-state index >= 15 is 4.39 Å². The number of H-pyrrole nitrogens is 1. The molecule has 0 bridgehead atoms. The van der Waals surface area contributed by atoms with Crippen molar-refractivity contribution in [3.8, 4) is 5.75 Å². The lowest BCUT2D eigenvalue weighted by atomic mass is 9.98. The highest BCUT2D eigenvalue weighted by Gasteiger charge is 2.19. The van der Waals surface area contributed by atoms with Crippen LogP contribution in [0.5, 0.6) is 5.75 Å². The first-order valence-corrected chi connectivity index (χ1v) is 13.2. The van der Waals surface area contributed by atoms with E-state index in [1.165, 1.54) is 6.08 Å². The monoisotopic (exact) mass is 535 g/mol. The van der Waals surface area contributed by atoms with Crippen LogP contribution >= 0.6 is 11.6 Å². The molecule has 9 heteroatoms. The van der Waals surface area contributed by atoms with Crippen LogP contribution in [-0.4, -0.2) is 49.9 Å². The Hall–Kier alpha value is -3.33. The van der Waals surface area contributed by atoms with E-state index in [1.54, 1.807) is 24.7 Å². The molecule has 0 unspecified atom stereocenters. The van der Waals surface area contributed by atoms with E-state index in [0.717, 1.165) is 60.2 Å². The molecule has 1 aliphatic heterocycles. The number of benzene rings is 1. The first-order chi connectivity index (χ1) is 18.4. The third kappa shape index (κ3) is 5.88. The average Bonchev–Trinajstić information content (AvgIpc) is 3.31. The molecular weight excluding hydrogens is 505 g/mol. The van der Waals surface area contributed by atoms with E-state index < -0.39 is 5.83 Å². The molecule has 7 nitrogen and oxygen atoms in total. The number of piperidine rings is 1. The van der Waals surface area contributed by atoms with Crippen LogP contribution in [-0.2, 0) is 6.54 Å². The summed E-state index contributed by atoms with van der Waals surface area (Å²) in [4.78, 5) is 10.9. The predicted molar refractivity (Wildman–Crippen MR) is 147 cm³/mol. The zero-order valence-corrected chi connectivity index (χ0v) is 22.2. The van der Waals surface area contributed by atoms with E-state index in [-0.39, 0.29) is 12.7 Å². The normalized spacial score (nSPS) is 16.2. The van der Waals surface area contributed by atoms with Crippen LogP contribution in [0, 0.1) is 12.8 Å². The molecule has 4 heterocycles. The quantitative estimate of drug-likeness (QED) is 0.282. The van der Waals surface area contributed by atoms with Gasteiger partial charge in [0.1, 0.15) is 17.7 Å². The number of hydrogen-bond donors (Lipinski definition) is 2. The molecule has 5 rings (SSSR count). The van der Waals surface area contributed by atoms with Gasteiger partial charge < -0.3 is 9.84 Å². The number of aliphatic hydroxyl groups excluding tert-OH is 1. The lowest BCUT2D eigenvalue weighted by molar-refractivity contribution is 0.126. The number of nitrogens with one attached hydrogen (secondary N) is 1. The van der Waals surface area contributed by atoms with Crippen molar-refractivity contribution in [3.63, 3.8) is 0 Å². The maximum Gasteiger partial charge on any atom is 0.134 e. The summed E-state index contributed by atoms with van der Waals surface area (Å²) in [5.41, 5.74) is 4.38. The van der Waals surface area contributed by atoms with Gasteiger partial charge in [0, 0.05) is 54.3 Å². The van der Waals surface area contributed by atoms with Crippen molar-refractivity contribution in [3.05, 3.63) is 82.0 Å². The molecule has 1 saturated heterocycles. The van der Waals surface area contributed by atoms with E-state index in [0.29, 0.717) is 27.9 Å². The van der Waals surface area contributed by atoms with Gasteiger partial charge in [0.2, 0.25) is 0 Å². The minimum absolute atomic E-state index is 0.255. The second-order valence-electron chi connectivity index (χ2n) is 9.86. The van der Waals surface area contributed by atoms with Gasteiger partial charge in [-0.1, -0.05) is 11.6 Å². The molecule has 1 atom stereocenters. The van der Waals surface area contributed by atoms with Gasteiger partial charge >= 0.3 is 0 Å². The summed E-state index contributed by atoms with van der Waals surface area (Å²) in [6, 6.07) is 9.17. The standard InChI is InChI=1S/C29H31ClFN5O2/c1-18-13-32-15-25(30)29(18)19(2)38-23-5-6-27-24(11-23)28(35-34-27)12-26(31)21-3-4-22(33-14-21)16-36-9-7-20(17-37)8-10-36/h3-6,11-15,19-20,37H,7-10,16-17H2,1-2H3,(H,34,35)/b26-12-/t19-/m0/s1. The van der Waals surface area contributed by atoms with Gasteiger partial charge in [0.25, 0.3) is 0 Å². The van der Waals surface area contributed by atoms with Crippen LogP contribution < -0.4 is 4.74 Å². The van der Waals surface area contributed by atoms with Crippen molar-refractivity contribution in [2.45, 2.75) is 39.3 Å². The van der Waals surface area contributed by atoms with Crippen molar-refractivity contribution in [2.24, 2.45) is 5.92 Å². The number of rotatable bonds is 8. The number of aliphatic hydroxyl groups is 1. The molecular formula is C29H31ClFN5O2. The number of aromatic amines is 1. The van der Waals surface area contributed by atoms with E-state index in [2.05, 4.69) is 25.1 Å². The first kappa shape index (κ1) is 26.3. The Morgan fingerprint density at radius 1 is 1.24 bits per heavy atom. The third-order valence-corrected chi connectivity index (χ3v) is 7.44. The Labute approximate surface area is 226 Å². The van der Waals surface area contributed by atoms with Gasteiger partial charge in [-0.2, -0.15) is 5.10 Å². The molecule has 1 fully saturated rings. The molecule has 2 N–H and O–H groups in total. The number of pyridine rings is 2. The predicted octanol–water partition coefficient (Wildman–Crippen LogP) is 6.13. The lowest BCUT2D eigenvalue weighted by Gasteiger charge is -2.30. The van der Waals surface area contributed by atoms with E-state index in [4.69, 9.17) is 16.3 Å². The Balaban J connectivity index is 1.30. The summed E-state index contributed by atoms with van der Waals surface area (Å²) < 4.78 is 21.4. The second-order valence-corrected chi connectivity index (χ2v) is 10.3. The second kappa shape index (κ2) is 11.6. The van der Waals surface area contributed by atoms with Gasteiger partial charge in [-0.3, -0.25) is 20.0 Å². The number of fused-ring (bicyclic) bond motifs is 1. The van der Waals surface area contributed by atoms with Gasteiger partial charge in [-0.15, -0.1) is 0 Å². The molecule has 0 radical (unpaired) electrons. The summed E-state index contributed by atoms with van der Waals surface area (Å²) in [5.74, 6) is 0.608. The molecule has 38 heavy (non-hydrogen) atoms. The minimum Gasteiger partial charge on any atom is -0.486 e. The Bertz CT molecular complexity index is 1410. The van der Waals surface area contributed by atoms with Crippen LogP contribution in [0.25, 0.3) is 22.8 Å². The summed E-state index contributed by atoms with van der Waals surface area (Å²) in [5, 5.41) is 17.9. The number of nitrogens with zero attached hydrogens (tertiary/aromatic N) is 4. The molecule has 0 saturated carbocycles.